The van der Waals surface area contributed by atoms with Crippen LogP contribution in [-0.2, 0) is 4.74 Å². The molecule has 1 fully saturated rings. The molecule has 2 heterocycles. The molecular weight excluding hydrogens is 223 g/mol. The van der Waals surface area contributed by atoms with Crippen molar-refractivity contribution in [3.63, 3.8) is 0 Å². The van der Waals surface area contributed by atoms with Crippen molar-refractivity contribution >= 4 is 5.91 Å². The lowest BCUT2D eigenvalue weighted by Crippen LogP contribution is -2.32. The third kappa shape index (κ3) is 3.00. The van der Waals surface area contributed by atoms with Crippen LogP contribution in [0.5, 0.6) is 0 Å². The summed E-state index contributed by atoms with van der Waals surface area (Å²) in [5.74, 6) is -0.690. The molecule has 1 amide bonds. The lowest BCUT2D eigenvalue weighted by molar-refractivity contribution is 0.0853. The zero-order valence-corrected chi connectivity index (χ0v) is 9.70. The predicted molar refractivity (Wildman–Crippen MR) is 60.2 cm³/mol. The maximum absolute atomic E-state index is 13.0. The van der Waals surface area contributed by atoms with E-state index in [1.54, 1.807) is 6.92 Å². The summed E-state index contributed by atoms with van der Waals surface area (Å²) >= 11 is 0. The van der Waals surface area contributed by atoms with Crippen LogP contribution in [0, 0.1) is 12.7 Å². The molecule has 1 atom stereocenters. The third-order valence-corrected chi connectivity index (χ3v) is 2.79. The maximum atomic E-state index is 13.0. The average Bonchev–Trinajstić information content (AvgIpc) is 2.82. The first-order valence-corrected chi connectivity index (χ1v) is 5.69. The number of pyridine rings is 1. The number of nitrogens with one attached hydrogen (secondary N) is 1. The highest BCUT2D eigenvalue weighted by Gasteiger charge is 2.17. The quantitative estimate of drug-likeness (QED) is 0.866. The van der Waals surface area contributed by atoms with Gasteiger partial charge in [-0.25, -0.2) is 9.37 Å². The number of aryl methyl sites for hydroxylation is 1. The number of hydrogen-bond acceptors (Lipinski definition) is 3. The van der Waals surface area contributed by atoms with E-state index in [9.17, 15) is 9.18 Å². The van der Waals surface area contributed by atoms with Gasteiger partial charge in [-0.2, -0.15) is 0 Å². The Morgan fingerprint density at radius 1 is 1.71 bits per heavy atom. The third-order valence-electron chi connectivity index (χ3n) is 2.79. The van der Waals surface area contributed by atoms with Crippen LogP contribution in [-0.4, -0.2) is 30.1 Å². The largest absolute Gasteiger partial charge is 0.376 e. The number of rotatable bonds is 3. The molecule has 17 heavy (non-hydrogen) atoms. The summed E-state index contributed by atoms with van der Waals surface area (Å²) in [6.45, 7) is 2.85. The molecule has 4 nitrogen and oxygen atoms in total. The molecule has 92 valence electrons. The first-order valence-electron chi connectivity index (χ1n) is 5.69. The number of nitrogens with zero attached hydrogens (tertiary/aromatic N) is 1. The van der Waals surface area contributed by atoms with E-state index in [4.69, 9.17) is 4.74 Å². The Morgan fingerprint density at radius 3 is 3.18 bits per heavy atom. The van der Waals surface area contributed by atoms with Gasteiger partial charge in [-0.1, -0.05) is 0 Å². The van der Waals surface area contributed by atoms with Crippen molar-refractivity contribution in [2.75, 3.05) is 13.2 Å². The van der Waals surface area contributed by atoms with Gasteiger partial charge in [-0.3, -0.25) is 4.79 Å². The van der Waals surface area contributed by atoms with Crippen LogP contribution in [0.15, 0.2) is 12.3 Å². The minimum atomic E-state index is -0.402. The van der Waals surface area contributed by atoms with Crippen molar-refractivity contribution in [3.05, 3.63) is 29.3 Å². The van der Waals surface area contributed by atoms with Crippen LogP contribution >= 0.6 is 0 Å². The lowest BCUT2D eigenvalue weighted by atomic mass is 10.2. The van der Waals surface area contributed by atoms with E-state index in [2.05, 4.69) is 10.3 Å². The molecule has 1 aromatic heterocycles. The molecule has 5 heteroatoms. The summed E-state index contributed by atoms with van der Waals surface area (Å²) in [5.41, 5.74) is 0.657. The summed E-state index contributed by atoms with van der Waals surface area (Å²) in [5, 5.41) is 2.74. The molecular formula is C12H15FN2O2. The van der Waals surface area contributed by atoms with Crippen LogP contribution < -0.4 is 5.32 Å². The fraction of sp³-hybridized carbons (Fsp3) is 0.500. The zero-order valence-electron chi connectivity index (χ0n) is 9.70. The minimum absolute atomic E-state index is 0.0977. The summed E-state index contributed by atoms with van der Waals surface area (Å²) in [7, 11) is 0. The molecule has 1 aromatic rings. The summed E-state index contributed by atoms with van der Waals surface area (Å²) in [4.78, 5) is 15.5. The van der Waals surface area contributed by atoms with E-state index in [0.29, 0.717) is 12.1 Å². The van der Waals surface area contributed by atoms with Gasteiger partial charge < -0.3 is 10.1 Å². The number of amides is 1. The number of ether oxygens (including phenoxy) is 1. The Bertz CT molecular complexity index is 417. The molecule has 1 N–H and O–H groups in total. The van der Waals surface area contributed by atoms with Crippen LogP contribution in [0.4, 0.5) is 4.39 Å². The fourth-order valence-electron chi connectivity index (χ4n) is 1.77. The molecule has 2 rings (SSSR count). The zero-order chi connectivity index (χ0) is 12.3. The van der Waals surface area contributed by atoms with E-state index >= 15 is 0 Å². The summed E-state index contributed by atoms with van der Waals surface area (Å²) in [6, 6.07) is 1.44. The van der Waals surface area contributed by atoms with Crippen molar-refractivity contribution in [2.24, 2.45) is 0 Å². The van der Waals surface area contributed by atoms with Gasteiger partial charge >= 0.3 is 0 Å². The topological polar surface area (TPSA) is 51.2 Å². The highest BCUT2D eigenvalue weighted by molar-refractivity contribution is 5.92. The van der Waals surface area contributed by atoms with Crippen molar-refractivity contribution in [1.82, 2.24) is 10.3 Å². The normalized spacial score (nSPS) is 19.3. The molecule has 1 saturated heterocycles. The Kier molecular flexibility index (Phi) is 3.68. The molecule has 0 spiro atoms. The maximum Gasteiger partial charge on any atom is 0.269 e. The second kappa shape index (κ2) is 5.23. The van der Waals surface area contributed by atoms with Gasteiger partial charge in [0.25, 0.3) is 5.91 Å². The highest BCUT2D eigenvalue weighted by atomic mass is 19.1. The number of hydrogen-bond donors (Lipinski definition) is 1. The van der Waals surface area contributed by atoms with E-state index in [0.717, 1.165) is 25.6 Å². The predicted octanol–water partition coefficient (Wildman–Crippen LogP) is 1.44. The minimum Gasteiger partial charge on any atom is -0.376 e. The molecule has 0 bridgehead atoms. The number of aromatic nitrogens is 1. The van der Waals surface area contributed by atoms with Crippen molar-refractivity contribution in [3.8, 4) is 0 Å². The number of carbonyl (C=O) groups is 1. The monoisotopic (exact) mass is 238 g/mol. The van der Waals surface area contributed by atoms with Crippen molar-refractivity contribution in [2.45, 2.75) is 25.9 Å². The van der Waals surface area contributed by atoms with Gasteiger partial charge in [0, 0.05) is 13.2 Å². The summed E-state index contributed by atoms with van der Waals surface area (Å²) in [6.07, 6.45) is 3.17. The van der Waals surface area contributed by atoms with Crippen LogP contribution in [0.1, 0.15) is 28.9 Å². The second-order valence-electron chi connectivity index (χ2n) is 4.16. The highest BCUT2D eigenvalue weighted by Crippen LogP contribution is 2.11. The smallest absolute Gasteiger partial charge is 0.269 e. The average molecular weight is 238 g/mol. The van der Waals surface area contributed by atoms with Gasteiger partial charge in [0.1, 0.15) is 11.5 Å². The second-order valence-corrected chi connectivity index (χ2v) is 4.16. The van der Waals surface area contributed by atoms with Gasteiger partial charge in [-0.05, 0) is 31.4 Å². The Morgan fingerprint density at radius 2 is 2.53 bits per heavy atom. The van der Waals surface area contributed by atoms with Crippen molar-refractivity contribution in [1.29, 1.82) is 0 Å². The Labute approximate surface area is 99.2 Å². The van der Waals surface area contributed by atoms with E-state index in [1.807, 2.05) is 0 Å². The molecule has 1 aliphatic rings. The van der Waals surface area contributed by atoms with Gasteiger partial charge in [0.2, 0.25) is 0 Å². The van der Waals surface area contributed by atoms with Gasteiger partial charge in [0.05, 0.1) is 12.3 Å². The van der Waals surface area contributed by atoms with Crippen molar-refractivity contribution < 1.29 is 13.9 Å². The Hall–Kier alpha value is -1.49. The number of carbonyl (C=O) groups excluding carboxylic acids is 1. The first-order chi connectivity index (χ1) is 8.16. The Balaban J connectivity index is 1.92. The first kappa shape index (κ1) is 12.0. The molecule has 1 aliphatic heterocycles. The van der Waals surface area contributed by atoms with Crippen LogP contribution in [0.3, 0.4) is 0 Å². The fourth-order valence-corrected chi connectivity index (χ4v) is 1.77. The van der Waals surface area contributed by atoms with Crippen LogP contribution in [0.2, 0.25) is 0 Å². The standard InChI is InChI=1S/C12H15FN2O2/c1-8-5-11(14-7-10(8)13)12(16)15-6-9-3-2-4-17-9/h5,7,9H,2-4,6H2,1H3,(H,15,16). The lowest BCUT2D eigenvalue weighted by Gasteiger charge is -2.10. The van der Waals surface area contributed by atoms with E-state index < -0.39 is 5.82 Å². The molecule has 0 saturated carbocycles. The summed E-state index contributed by atoms with van der Waals surface area (Å²) < 4.78 is 18.4. The molecule has 0 aromatic carbocycles. The number of halogens is 1. The molecule has 0 aliphatic carbocycles. The molecule has 1 unspecified atom stereocenters. The van der Waals surface area contributed by atoms with Gasteiger partial charge in [0.15, 0.2) is 0 Å². The van der Waals surface area contributed by atoms with Crippen LogP contribution in [0.25, 0.3) is 0 Å². The molecule has 0 radical (unpaired) electrons. The SMILES string of the molecule is Cc1cc(C(=O)NCC2CCCO2)ncc1F. The van der Waals surface area contributed by atoms with E-state index in [-0.39, 0.29) is 17.7 Å². The van der Waals surface area contributed by atoms with Gasteiger partial charge in [-0.15, -0.1) is 0 Å². The van der Waals surface area contributed by atoms with E-state index in [1.165, 1.54) is 6.07 Å².